The van der Waals surface area contributed by atoms with Gasteiger partial charge < -0.3 is 15.2 Å². The number of hydrogen-bond donors (Lipinski definition) is 2. The molecule has 0 saturated heterocycles. The van der Waals surface area contributed by atoms with Crippen LogP contribution >= 0.6 is 0 Å². The van der Waals surface area contributed by atoms with E-state index in [2.05, 4.69) is 5.32 Å². The topological polar surface area (TPSA) is 75.6 Å². The number of benzene rings is 2. The largest absolute Gasteiger partial charge is 0.480 e. The van der Waals surface area contributed by atoms with Crippen molar-refractivity contribution in [2.24, 2.45) is 5.92 Å². The van der Waals surface area contributed by atoms with Crippen LogP contribution in [-0.2, 0) is 15.1 Å². The number of carboxylic acid groups (broad SMARTS) is 1. The molecule has 1 unspecified atom stereocenters. The van der Waals surface area contributed by atoms with Crippen molar-refractivity contribution in [3.8, 4) is 11.1 Å². The minimum Gasteiger partial charge on any atom is -0.480 e. The Morgan fingerprint density at radius 1 is 1.04 bits per heavy atom. The predicted molar refractivity (Wildman–Crippen MR) is 105 cm³/mol. The molecule has 0 fully saturated rings. The molecule has 0 radical (unpaired) electrons. The summed E-state index contributed by atoms with van der Waals surface area (Å²) in [7, 11) is 0. The summed E-state index contributed by atoms with van der Waals surface area (Å²) in [5.74, 6) is -1.25. The zero-order valence-electron chi connectivity index (χ0n) is 16.2. The maximum atomic E-state index is 12.3. The number of rotatable bonds is 7. The maximum Gasteiger partial charge on any atom is 0.408 e. The Morgan fingerprint density at radius 3 is 2.11 bits per heavy atom. The molecule has 0 saturated carbocycles. The van der Waals surface area contributed by atoms with E-state index in [1.54, 1.807) is 20.8 Å². The average Bonchev–Trinajstić information content (AvgIpc) is 2.65. The van der Waals surface area contributed by atoms with Crippen LogP contribution in [0.4, 0.5) is 4.79 Å². The summed E-state index contributed by atoms with van der Waals surface area (Å²) < 4.78 is 5.53. The van der Waals surface area contributed by atoms with Gasteiger partial charge in [0.1, 0.15) is 11.6 Å². The van der Waals surface area contributed by atoms with Gasteiger partial charge in [-0.15, -0.1) is 0 Å². The number of aliphatic carboxylic acids is 1. The molecule has 144 valence electrons. The summed E-state index contributed by atoms with van der Waals surface area (Å²) in [6.45, 7) is 7.23. The minimum absolute atomic E-state index is 0.191. The lowest BCUT2D eigenvalue weighted by Crippen LogP contribution is -2.46. The fraction of sp³-hybridized carbons (Fsp3) is 0.364. The van der Waals surface area contributed by atoms with Crippen LogP contribution in [0.25, 0.3) is 11.1 Å². The van der Waals surface area contributed by atoms with Crippen LogP contribution in [0.5, 0.6) is 0 Å². The predicted octanol–water partition coefficient (Wildman–Crippen LogP) is 4.81. The Hall–Kier alpha value is -2.82. The number of amides is 1. The van der Waals surface area contributed by atoms with Gasteiger partial charge >= 0.3 is 12.1 Å². The minimum atomic E-state index is -1.06. The van der Waals surface area contributed by atoms with Gasteiger partial charge in [-0.25, -0.2) is 9.59 Å². The molecule has 2 rings (SSSR count). The molecule has 0 aromatic heterocycles. The van der Waals surface area contributed by atoms with Crippen molar-refractivity contribution in [3.05, 3.63) is 60.2 Å². The summed E-state index contributed by atoms with van der Waals surface area (Å²) in [6.07, 6.45) is -0.0958. The van der Waals surface area contributed by atoms with Crippen LogP contribution in [0, 0.1) is 5.92 Å². The fourth-order valence-corrected chi connectivity index (χ4v) is 2.82. The molecule has 2 aromatic rings. The second kappa shape index (κ2) is 8.71. The summed E-state index contributed by atoms with van der Waals surface area (Å²) in [5, 5.41) is 11.8. The van der Waals surface area contributed by atoms with Gasteiger partial charge in [0.25, 0.3) is 0 Å². The van der Waals surface area contributed by atoms with Crippen LogP contribution in [0.2, 0.25) is 0 Å². The highest BCUT2D eigenvalue weighted by molar-refractivity contribution is 5.80. The average molecular weight is 369 g/mol. The highest BCUT2D eigenvalue weighted by Gasteiger charge is 2.30. The molecule has 2 atom stereocenters. The van der Waals surface area contributed by atoms with Crippen molar-refractivity contribution in [1.82, 2.24) is 5.32 Å². The third-order valence-corrected chi connectivity index (χ3v) is 4.79. The number of carbonyl (C=O) groups excluding carboxylic acids is 1. The van der Waals surface area contributed by atoms with Crippen molar-refractivity contribution in [2.45, 2.75) is 45.8 Å². The zero-order valence-corrected chi connectivity index (χ0v) is 16.2. The molecule has 1 amide bonds. The van der Waals surface area contributed by atoms with Gasteiger partial charge in [0.15, 0.2) is 0 Å². The van der Waals surface area contributed by atoms with Crippen molar-refractivity contribution >= 4 is 12.1 Å². The molecule has 0 heterocycles. The summed E-state index contributed by atoms with van der Waals surface area (Å²) in [6, 6.07) is 16.8. The molecule has 0 aliphatic heterocycles. The highest BCUT2D eigenvalue weighted by atomic mass is 16.6. The van der Waals surface area contributed by atoms with Gasteiger partial charge in [-0.1, -0.05) is 74.9 Å². The first-order valence-electron chi connectivity index (χ1n) is 9.13. The molecule has 5 nitrogen and oxygen atoms in total. The van der Waals surface area contributed by atoms with Gasteiger partial charge in [-0.2, -0.15) is 0 Å². The summed E-state index contributed by atoms with van der Waals surface area (Å²) in [5.41, 5.74) is 2.12. The van der Waals surface area contributed by atoms with Crippen molar-refractivity contribution < 1.29 is 19.4 Å². The van der Waals surface area contributed by atoms with Gasteiger partial charge in [0, 0.05) is 0 Å². The SMILES string of the molecule is CCC(C)[C@H](NC(=O)OC(C)(C)c1ccc(-c2ccccc2)cc1)C(=O)O. The van der Waals surface area contributed by atoms with Crippen molar-refractivity contribution in [1.29, 1.82) is 0 Å². The first kappa shape index (κ1) is 20.5. The van der Waals surface area contributed by atoms with Crippen LogP contribution in [0.15, 0.2) is 54.6 Å². The van der Waals surface area contributed by atoms with E-state index >= 15 is 0 Å². The Morgan fingerprint density at radius 2 is 1.59 bits per heavy atom. The molecule has 2 N–H and O–H groups in total. The molecule has 2 aromatic carbocycles. The van der Waals surface area contributed by atoms with Crippen LogP contribution in [0.3, 0.4) is 0 Å². The summed E-state index contributed by atoms with van der Waals surface area (Å²) >= 11 is 0. The third kappa shape index (κ3) is 5.33. The molecular formula is C22H27NO4. The number of alkyl carbamates (subject to hydrolysis) is 1. The number of carboxylic acids is 1. The lowest BCUT2D eigenvalue weighted by atomic mass is 9.95. The van der Waals surface area contributed by atoms with Crippen LogP contribution < -0.4 is 5.32 Å². The molecule has 0 aliphatic carbocycles. The van der Waals surface area contributed by atoms with E-state index in [1.165, 1.54) is 0 Å². The first-order chi connectivity index (χ1) is 12.7. The number of ether oxygens (including phenoxy) is 1. The molecular weight excluding hydrogens is 342 g/mol. The van der Waals surface area contributed by atoms with E-state index in [4.69, 9.17) is 4.74 Å². The Kier molecular flexibility index (Phi) is 6.61. The van der Waals surface area contributed by atoms with E-state index in [1.807, 2.05) is 61.5 Å². The maximum absolute atomic E-state index is 12.3. The zero-order chi connectivity index (χ0) is 20.0. The monoisotopic (exact) mass is 369 g/mol. The standard InChI is InChI=1S/C22H27NO4/c1-5-15(2)19(20(24)25)23-21(26)27-22(3,4)18-13-11-17(12-14-18)16-9-7-6-8-10-16/h6-15,19H,5H2,1-4H3,(H,23,26)(H,24,25)/t15?,19-/m0/s1. The number of nitrogens with one attached hydrogen (secondary N) is 1. The van der Waals surface area contributed by atoms with E-state index in [0.717, 1.165) is 16.7 Å². The van der Waals surface area contributed by atoms with Gasteiger partial charge in [-0.3, -0.25) is 0 Å². The van der Waals surface area contributed by atoms with Gasteiger partial charge in [-0.05, 0) is 36.5 Å². The van der Waals surface area contributed by atoms with Gasteiger partial charge in [0.05, 0.1) is 0 Å². The normalized spacial score (nSPS) is 13.5. The first-order valence-corrected chi connectivity index (χ1v) is 9.13. The van der Waals surface area contributed by atoms with Gasteiger partial charge in [0.2, 0.25) is 0 Å². The Labute approximate surface area is 160 Å². The number of hydrogen-bond acceptors (Lipinski definition) is 3. The smallest absolute Gasteiger partial charge is 0.408 e. The lowest BCUT2D eigenvalue weighted by Gasteiger charge is -2.28. The second-order valence-corrected chi connectivity index (χ2v) is 7.19. The van der Waals surface area contributed by atoms with Crippen LogP contribution in [-0.4, -0.2) is 23.2 Å². The molecule has 0 bridgehead atoms. The molecule has 5 heteroatoms. The van der Waals surface area contributed by atoms with Crippen molar-refractivity contribution in [2.75, 3.05) is 0 Å². The lowest BCUT2D eigenvalue weighted by molar-refractivity contribution is -0.140. The molecule has 0 spiro atoms. The quantitative estimate of drug-likeness (QED) is 0.734. The van der Waals surface area contributed by atoms with E-state index < -0.39 is 23.7 Å². The Bertz CT molecular complexity index is 769. The fourth-order valence-electron chi connectivity index (χ4n) is 2.82. The van der Waals surface area contributed by atoms with Crippen molar-refractivity contribution in [3.63, 3.8) is 0 Å². The third-order valence-electron chi connectivity index (χ3n) is 4.79. The van der Waals surface area contributed by atoms with E-state index in [0.29, 0.717) is 6.42 Å². The summed E-state index contributed by atoms with van der Waals surface area (Å²) in [4.78, 5) is 23.6. The number of carbonyl (C=O) groups is 2. The van der Waals surface area contributed by atoms with E-state index in [9.17, 15) is 14.7 Å². The Balaban J connectivity index is 2.09. The molecule has 0 aliphatic rings. The second-order valence-electron chi connectivity index (χ2n) is 7.19. The van der Waals surface area contributed by atoms with E-state index in [-0.39, 0.29) is 5.92 Å². The highest BCUT2D eigenvalue weighted by Crippen LogP contribution is 2.28. The van der Waals surface area contributed by atoms with Crippen LogP contribution in [0.1, 0.15) is 39.7 Å². The molecule has 27 heavy (non-hydrogen) atoms.